The van der Waals surface area contributed by atoms with Crippen molar-refractivity contribution in [2.45, 2.75) is 6.92 Å². The second-order valence-electron chi connectivity index (χ2n) is 7.81. The molecule has 0 radical (unpaired) electrons. The van der Waals surface area contributed by atoms with Crippen LogP contribution < -0.4 is 15.5 Å². The molecule has 5 aromatic rings. The quantitative estimate of drug-likeness (QED) is 0.316. The lowest BCUT2D eigenvalue weighted by Gasteiger charge is -2.07. The van der Waals surface area contributed by atoms with Gasteiger partial charge in [-0.15, -0.1) is 11.3 Å². The normalized spacial score (nSPS) is 10.9. The molecule has 3 aromatic carbocycles. The van der Waals surface area contributed by atoms with Crippen LogP contribution in [0.5, 0.6) is 5.75 Å². The molecule has 0 aliphatic heterocycles. The molecule has 6 nitrogen and oxygen atoms in total. The minimum atomic E-state index is -0.327. The van der Waals surface area contributed by atoms with Gasteiger partial charge in [0.1, 0.15) is 32.8 Å². The van der Waals surface area contributed by atoms with Gasteiger partial charge >= 0.3 is 0 Å². The third kappa shape index (κ3) is 4.56. The smallest absolute Gasteiger partial charge is 0.267 e. The summed E-state index contributed by atoms with van der Waals surface area (Å²) in [7, 11) is 1.54. The van der Waals surface area contributed by atoms with E-state index in [-0.39, 0.29) is 17.2 Å². The Morgan fingerprint density at radius 1 is 1.00 bits per heavy atom. The number of amides is 1. The van der Waals surface area contributed by atoms with Crippen molar-refractivity contribution < 1.29 is 18.3 Å². The molecule has 2 heterocycles. The van der Waals surface area contributed by atoms with Crippen LogP contribution in [0.25, 0.3) is 32.9 Å². The van der Waals surface area contributed by atoms with Gasteiger partial charge in [0.25, 0.3) is 5.91 Å². The number of fused-ring (bicyclic) bond motifs is 1. The van der Waals surface area contributed by atoms with Crippen LogP contribution in [0, 0.1) is 12.7 Å². The number of anilines is 1. The number of carbonyl (C=O) groups excluding carboxylic acids is 1. The van der Waals surface area contributed by atoms with E-state index in [2.05, 4.69) is 10.3 Å². The van der Waals surface area contributed by atoms with E-state index in [1.807, 2.05) is 0 Å². The number of benzene rings is 3. The van der Waals surface area contributed by atoms with E-state index in [4.69, 9.17) is 9.15 Å². The molecule has 1 amide bonds. The van der Waals surface area contributed by atoms with E-state index in [0.29, 0.717) is 49.3 Å². The Hall–Kier alpha value is -4.30. The van der Waals surface area contributed by atoms with Crippen LogP contribution in [0.3, 0.4) is 0 Å². The molecule has 0 unspecified atom stereocenters. The van der Waals surface area contributed by atoms with Gasteiger partial charge in [0, 0.05) is 22.9 Å². The molecular weight excluding hydrogens is 467 g/mol. The maximum absolute atomic E-state index is 13.2. The molecule has 0 saturated heterocycles. The molecule has 0 aliphatic carbocycles. The molecule has 5 rings (SSSR count). The number of aryl methyl sites for hydroxylation is 1. The Morgan fingerprint density at radius 2 is 1.71 bits per heavy atom. The summed E-state index contributed by atoms with van der Waals surface area (Å²) in [6.07, 6.45) is 0. The van der Waals surface area contributed by atoms with Crippen molar-refractivity contribution in [3.63, 3.8) is 0 Å². The number of halogens is 1. The number of rotatable bonds is 5. The van der Waals surface area contributed by atoms with Gasteiger partial charge in [0.05, 0.1) is 18.2 Å². The summed E-state index contributed by atoms with van der Waals surface area (Å²) in [6, 6.07) is 19.5. The predicted molar refractivity (Wildman–Crippen MR) is 135 cm³/mol. The number of nitrogens with zero attached hydrogens (tertiary/aromatic N) is 1. The summed E-state index contributed by atoms with van der Waals surface area (Å²) in [5.41, 5.74) is 2.92. The van der Waals surface area contributed by atoms with Gasteiger partial charge < -0.3 is 14.5 Å². The van der Waals surface area contributed by atoms with Gasteiger partial charge in [-0.05, 0) is 73.7 Å². The van der Waals surface area contributed by atoms with Gasteiger partial charge in [-0.3, -0.25) is 9.59 Å². The fraction of sp³-hybridized carbons (Fsp3) is 0.0741. The Balaban J connectivity index is 1.36. The molecule has 174 valence electrons. The fourth-order valence-corrected chi connectivity index (χ4v) is 4.60. The average Bonchev–Trinajstić information content (AvgIpc) is 3.26. The highest BCUT2D eigenvalue weighted by atomic mass is 32.1. The molecular formula is C27H19FN2O4S. The van der Waals surface area contributed by atoms with Gasteiger partial charge in [0.2, 0.25) is 0 Å². The summed E-state index contributed by atoms with van der Waals surface area (Å²) < 4.78 is 24.3. The number of ether oxygens (including phenoxy) is 1. The monoisotopic (exact) mass is 486 g/mol. The van der Waals surface area contributed by atoms with Crippen LogP contribution in [0.4, 0.5) is 10.1 Å². The van der Waals surface area contributed by atoms with E-state index in [1.165, 1.54) is 36.6 Å². The highest BCUT2D eigenvalue weighted by Gasteiger charge is 2.17. The van der Waals surface area contributed by atoms with Crippen molar-refractivity contribution in [3.8, 4) is 27.6 Å². The summed E-state index contributed by atoms with van der Waals surface area (Å²) in [5, 5.41) is 3.96. The highest BCUT2D eigenvalue weighted by Crippen LogP contribution is 2.29. The summed E-state index contributed by atoms with van der Waals surface area (Å²) in [5.74, 6) is 0.394. The third-order valence-corrected chi connectivity index (χ3v) is 6.66. The molecule has 8 heteroatoms. The molecule has 0 fully saturated rings. The van der Waals surface area contributed by atoms with Crippen LogP contribution in [-0.4, -0.2) is 18.0 Å². The van der Waals surface area contributed by atoms with Gasteiger partial charge in [-0.1, -0.05) is 0 Å². The first-order valence-corrected chi connectivity index (χ1v) is 11.5. The summed E-state index contributed by atoms with van der Waals surface area (Å²) >= 11 is 1.25. The Labute approximate surface area is 203 Å². The number of hydrogen-bond acceptors (Lipinski definition) is 6. The lowest BCUT2D eigenvalue weighted by molar-refractivity contribution is 0.103. The molecule has 2 aromatic heterocycles. The number of hydrogen-bond donors (Lipinski definition) is 1. The van der Waals surface area contributed by atoms with Crippen molar-refractivity contribution in [1.29, 1.82) is 0 Å². The second-order valence-corrected chi connectivity index (χ2v) is 8.81. The fourth-order valence-electron chi connectivity index (χ4n) is 3.63. The maximum atomic E-state index is 13.2. The molecule has 1 N–H and O–H groups in total. The number of methoxy groups -OCH3 is 1. The largest absolute Gasteiger partial charge is 0.497 e. The van der Waals surface area contributed by atoms with Crippen LogP contribution >= 0.6 is 11.3 Å². The van der Waals surface area contributed by atoms with Crippen molar-refractivity contribution >= 4 is 33.9 Å². The number of thiazole rings is 1. The zero-order valence-corrected chi connectivity index (χ0v) is 19.6. The van der Waals surface area contributed by atoms with Crippen LogP contribution in [0.1, 0.15) is 15.4 Å². The van der Waals surface area contributed by atoms with Crippen LogP contribution in [0.15, 0.2) is 82.0 Å². The molecule has 0 aliphatic rings. The van der Waals surface area contributed by atoms with Gasteiger partial charge in [-0.2, -0.15) is 0 Å². The Bertz CT molecular complexity index is 1610. The minimum absolute atomic E-state index is 0.171. The van der Waals surface area contributed by atoms with Gasteiger partial charge in [0.15, 0.2) is 5.43 Å². The van der Waals surface area contributed by atoms with Gasteiger partial charge in [-0.25, -0.2) is 9.37 Å². The number of carbonyl (C=O) groups is 1. The lowest BCUT2D eigenvalue weighted by Crippen LogP contribution is -2.11. The molecule has 0 saturated carbocycles. The summed E-state index contributed by atoms with van der Waals surface area (Å²) in [4.78, 5) is 30.4. The van der Waals surface area contributed by atoms with E-state index >= 15 is 0 Å². The zero-order valence-electron chi connectivity index (χ0n) is 18.8. The SMILES string of the molecule is COc1ccc2oc(-c3ccc(NC(=O)c4sc(-c5ccc(F)cc5)nc4C)cc3)cc(=O)c2c1. The molecule has 0 bridgehead atoms. The minimum Gasteiger partial charge on any atom is -0.497 e. The maximum Gasteiger partial charge on any atom is 0.267 e. The second kappa shape index (κ2) is 9.15. The van der Waals surface area contributed by atoms with Crippen molar-refractivity contribution in [2.24, 2.45) is 0 Å². The molecule has 0 spiro atoms. The molecule has 0 atom stereocenters. The standard InChI is InChI=1S/C27H19FN2O4S/c1-15-25(35-27(29-15)17-3-7-18(28)8-4-17)26(32)30-19-9-5-16(6-10-19)24-14-22(31)21-13-20(33-2)11-12-23(21)34-24/h3-14H,1-2H3,(H,30,32). The average molecular weight is 487 g/mol. The predicted octanol–water partition coefficient (Wildman–Crippen LogP) is 6.29. The third-order valence-electron chi connectivity index (χ3n) is 5.46. The zero-order chi connectivity index (χ0) is 24.5. The van der Waals surface area contributed by atoms with Crippen molar-refractivity contribution in [1.82, 2.24) is 4.98 Å². The first-order chi connectivity index (χ1) is 16.9. The van der Waals surface area contributed by atoms with Crippen LogP contribution in [0.2, 0.25) is 0 Å². The molecule has 35 heavy (non-hydrogen) atoms. The topological polar surface area (TPSA) is 81.4 Å². The van der Waals surface area contributed by atoms with Crippen LogP contribution in [-0.2, 0) is 0 Å². The van der Waals surface area contributed by atoms with Crippen molar-refractivity contribution in [2.75, 3.05) is 12.4 Å². The first-order valence-electron chi connectivity index (χ1n) is 10.7. The summed E-state index contributed by atoms with van der Waals surface area (Å²) in [6.45, 7) is 1.76. The van der Waals surface area contributed by atoms with E-state index in [1.54, 1.807) is 61.5 Å². The highest BCUT2D eigenvalue weighted by molar-refractivity contribution is 7.17. The van der Waals surface area contributed by atoms with Crippen molar-refractivity contribution in [3.05, 3.63) is 99.4 Å². The first kappa shape index (κ1) is 22.5. The van der Waals surface area contributed by atoms with E-state index < -0.39 is 0 Å². The lowest BCUT2D eigenvalue weighted by atomic mass is 10.1. The Morgan fingerprint density at radius 3 is 2.43 bits per heavy atom. The Kier molecular flexibility index (Phi) is 5.88. The number of aromatic nitrogens is 1. The number of nitrogens with one attached hydrogen (secondary N) is 1. The van der Waals surface area contributed by atoms with E-state index in [9.17, 15) is 14.0 Å². The van der Waals surface area contributed by atoms with E-state index in [0.717, 1.165) is 5.56 Å².